The van der Waals surface area contributed by atoms with Gasteiger partial charge in [-0.3, -0.25) is 4.79 Å². The Labute approximate surface area is 75.4 Å². The molecule has 1 aliphatic carbocycles. The van der Waals surface area contributed by atoms with Crippen LogP contribution in [0.4, 0.5) is 0 Å². The van der Waals surface area contributed by atoms with E-state index in [2.05, 4.69) is 5.32 Å². The minimum absolute atomic E-state index is 0.555. The van der Waals surface area contributed by atoms with E-state index in [1.54, 1.807) is 12.2 Å². The molecule has 1 amide bonds. The SMILES string of the molecule is N#CC(=O)NC1=CC=CCC1=S. The third-order valence-electron chi connectivity index (χ3n) is 1.35. The van der Waals surface area contributed by atoms with Crippen molar-refractivity contribution in [1.82, 2.24) is 5.32 Å². The van der Waals surface area contributed by atoms with E-state index >= 15 is 0 Å². The average molecular weight is 178 g/mol. The van der Waals surface area contributed by atoms with Gasteiger partial charge in [0, 0.05) is 11.3 Å². The van der Waals surface area contributed by atoms with Gasteiger partial charge in [0.05, 0.1) is 5.70 Å². The van der Waals surface area contributed by atoms with Crippen molar-refractivity contribution in [3.63, 3.8) is 0 Å². The number of hydrogen-bond donors (Lipinski definition) is 1. The molecule has 1 aliphatic rings. The van der Waals surface area contributed by atoms with Crippen LogP contribution in [-0.4, -0.2) is 10.8 Å². The number of thiocarbonyl (C=S) groups is 1. The highest BCUT2D eigenvalue weighted by atomic mass is 32.1. The Kier molecular flexibility index (Phi) is 2.72. The zero-order valence-electron chi connectivity index (χ0n) is 6.20. The average Bonchev–Trinajstić information content (AvgIpc) is 2.09. The molecule has 1 rings (SSSR count). The van der Waals surface area contributed by atoms with Crippen molar-refractivity contribution in [2.75, 3.05) is 0 Å². The smallest absolute Gasteiger partial charge is 0.312 e. The number of amides is 1. The Hall–Kier alpha value is -1.47. The molecule has 0 radical (unpaired) electrons. The summed E-state index contributed by atoms with van der Waals surface area (Å²) in [5, 5.41) is 10.6. The van der Waals surface area contributed by atoms with Crippen molar-refractivity contribution in [2.24, 2.45) is 0 Å². The third-order valence-corrected chi connectivity index (χ3v) is 1.74. The first-order valence-corrected chi connectivity index (χ1v) is 3.76. The van der Waals surface area contributed by atoms with Crippen LogP contribution in [-0.2, 0) is 4.79 Å². The summed E-state index contributed by atoms with van der Waals surface area (Å²) < 4.78 is 0. The summed E-state index contributed by atoms with van der Waals surface area (Å²) in [5.41, 5.74) is 0.555. The van der Waals surface area contributed by atoms with Gasteiger partial charge >= 0.3 is 5.91 Å². The van der Waals surface area contributed by atoms with Gasteiger partial charge in [0.15, 0.2) is 6.07 Å². The van der Waals surface area contributed by atoms with Crippen molar-refractivity contribution in [2.45, 2.75) is 6.42 Å². The summed E-state index contributed by atoms with van der Waals surface area (Å²) in [6, 6.07) is 1.46. The number of hydrogen-bond acceptors (Lipinski definition) is 3. The van der Waals surface area contributed by atoms with Gasteiger partial charge in [-0.05, 0) is 6.08 Å². The van der Waals surface area contributed by atoms with E-state index in [1.807, 2.05) is 6.08 Å². The van der Waals surface area contributed by atoms with Crippen molar-refractivity contribution >= 4 is 23.0 Å². The van der Waals surface area contributed by atoms with Crippen molar-refractivity contribution in [3.05, 3.63) is 23.9 Å². The Balaban J connectivity index is 2.69. The maximum atomic E-state index is 10.6. The summed E-state index contributed by atoms with van der Waals surface area (Å²) in [6.45, 7) is 0. The summed E-state index contributed by atoms with van der Waals surface area (Å²) >= 11 is 4.95. The Morgan fingerprint density at radius 2 is 2.50 bits per heavy atom. The lowest BCUT2D eigenvalue weighted by molar-refractivity contribution is -0.115. The molecule has 0 atom stereocenters. The molecular weight excluding hydrogens is 172 g/mol. The summed E-state index contributed by atoms with van der Waals surface area (Å²) in [7, 11) is 0. The van der Waals surface area contributed by atoms with Crippen LogP contribution in [0.1, 0.15) is 6.42 Å². The highest BCUT2D eigenvalue weighted by molar-refractivity contribution is 7.80. The molecule has 0 unspecified atom stereocenters. The fourth-order valence-electron chi connectivity index (χ4n) is 0.804. The number of allylic oxidation sites excluding steroid dienone is 4. The van der Waals surface area contributed by atoms with Gasteiger partial charge in [-0.25, -0.2) is 0 Å². The molecule has 0 heterocycles. The summed E-state index contributed by atoms with van der Waals surface area (Å²) in [5.74, 6) is -0.682. The first kappa shape index (κ1) is 8.62. The monoisotopic (exact) mass is 178 g/mol. The minimum atomic E-state index is -0.682. The largest absolute Gasteiger partial charge is 0.326 e. The van der Waals surface area contributed by atoms with E-state index in [9.17, 15) is 4.79 Å². The molecule has 0 aromatic rings. The lowest BCUT2D eigenvalue weighted by Gasteiger charge is -2.08. The van der Waals surface area contributed by atoms with Gasteiger partial charge in [-0.1, -0.05) is 24.4 Å². The second kappa shape index (κ2) is 3.79. The molecular formula is C8H6N2OS. The van der Waals surface area contributed by atoms with Crippen LogP contribution in [0.3, 0.4) is 0 Å². The quantitative estimate of drug-likeness (QED) is 0.478. The first-order valence-electron chi connectivity index (χ1n) is 3.35. The van der Waals surface area contributed by atoms with Crippen molar-refractivity contribution in [3.8, 4) is 6.07 Å². The third kappa shape index (κ3) is 2.01. The van der Waals surface area contributed by atoms with E-state index in [0.29, 0.717) is 17.0 Å². The predicted octanol–water partition coefficient (Wildman–Crippen LogP) is 0.840. The molecule has 0 aromatic heterocycles. The van der Waals surface area contributed by atoms with Gasteiger partial charge in [-0.15, -0.1) is 0 Å². The minimum Gasteiger partial charge on any atom is -0.312 e. The van der Waals surface area contributed by atoms with Crippen LogP contribution in [0, 0.1) is 11.3 Å². The van der Waals surface area contributed by atoms with Gasteiger partial charge in [0.1, 0.15) is 0 Å². The standard InChI is InChI=1S/C8H6N2OS/c9-5-8(11)10-6-3-1-2-4-7(6)12/h1-3H,4H2,(H,10,11). The molecule has 0 saturated carbocycles. The molecule has 0 spiro atoms. The van der Waals surface area contributed by atoms with Gasteiger partial charge in [0.25, 0.3) is 0 Å². The second-order valence-corrected chi connectivity index (χ2v) is 2.69. The number of carbonyl (C=O) groups excluding carboxylic acids is 1. The van der Waals surface area contributed by atoms with Gasteiger partial charge < -0.3 is 5.32 Å². The van der Waals surface area contributed by atoms with Gasteiger partial charge in [-0.2, -0.15) is 5.26 Å². The molecule has 0 fully saturated rings. The fraction of sp³-hybridized carbons (Fsp3) is 0.125. The molecule has 60 valence electrons. The van der Waals surface area contributed by atoms with Crippen LogP contribution in [0.25, 0.3) is 0 Å². The molecule has 0 aromatic carbocycles. The molecule has 0 bridgehead atoms. The Morgan fingerprint density at radius 1 is 1.75 bits per heavy atom. The lowest BCUT2D eigenvalue weighted by atomic mass is 10.1. The van der Waals surface area contributed by atoms with E-state index in [4.69, 9.17) is 17.5 Å². The van der Waals surface area contributed by atoms with Gasteiger partial charge in [0.2, 0.25) is 0 Å². The first-order chi connectivity index (χ1) is 5.74. The molecule has 12 heavy (non-hydrogen) atoms. The zero-order valence-corrected chi connectivity index (χ0v) is 7.02. The number of nitrogens with one attached hydrogen (secondary N) is 1. The number of carbonyl (C=O) groups is 1. The van der Waals surface area contributed by atoms with Crippen LogP contribution < -0.4 is 5.32 Å². The van der Waals surface area contributed by atoms with E-state index in [1.165, 1.54) is 6.07 Å². The maximum absolute atomic E-state index is 10.6. The lowest BCUT2D eigenvalue weighted by Crippen LogP contribution is -2.25. The highest BCUT2D eigenvalue weighted by Crippen LogP contribution is 2.06. The normalized spacial score (nSPS) is 14.9. The summed E-state index contributed by atoms with van der Waals surface area (Å²) in [4.78, 5) is 11.3. The Morgan fingerprint density at radius 3 is 3.08 bits per heavy atom. The zero-order chi connectivity index (χ0) is 8.97. The van der Waals surface area contributed by atoms with Crippen LogP contribution in [0.15, 0.2) is 23.9 Å². The molecule has 3 nitrogen and oxygen atoms in total. The molecule has 0 aliphatic heterocycles. The van der Waals surface area contributed by atoms with Crippen molar-refractivity contribution in [1.29, 1.82) is 5.26 Å². The number of nitrogens with zero attached hydrogens (tertiary/aromatic N) is 1. The van der Waals surface area contributed by atoms with E-state index in [-0.39, 0.29) is 0 Å². The number of nitriles is 1. The highest BCUT2D eigenvalue weighted by Gasteiger charge is 2.08. The molecule has 1 N–H and O–H groups in total. The van der Waals surface area contributed by atoms with E-state index < -0.39 is 5.91 Å². The molecule has 4 heteroatoms. The van der Waals surface area contributed by atoms with E-state index in [0.717, 1.165) is 0 Å². The topological polar surface area (TPSA) is 52.9 Å². The van der Waals surface area contributed by atoms with Crippen LogP contribution >= 0.6 is 12.2 Å². The van der Waals surface area contributed by atoms with Crippen molar-refractivity contribution < 1.29 is 4.79 Å². The van der Waals surface area contributed by atoms with Crippen LogP contribution in [0.2, 0.25) is 0 Å². The van der Waals surface area contributed by atoms with Crippen LogP contribution in [0.5, 0.6) is 0 Å². The number of rotatable bonds is 1. The Bertz CT molecular complexity index is 322. The fourth-order valence-corrected chi connectivity index (χ4v) is 1.02. The summed E-state index contributed by atoms with van der Waals surface area (Å²) in [6.07, 6.45) is 6.01. The maximum Gasteiger partial charge on any atom is 0.326 e. The predicted molar refractivity (Wildman–Crippen MR) is 48.2 cm³/mol. The second-order valence-electron chi connectivity index (χ2n) is 2.20. The molecule has 0 saturated heterocycles.